The average molecular weight is 498 g/mol. The van der Waals surface area contributed by atoms with Crippen LogP contribution < -0.4 is 15.4 Å². The molecule has 0 aliphatic rings. The lowest BCUT2D eigenvalue weighted by atomic mass is 10.1. The molecule has 28 heavy (non-hydrogen) atoms. The van der Waals surface area contributed by atoms with E-state index in [1.807, 2.05) is 13.0 Å². The summed E-state index contributed by atoms with van der Waals surface area (Å²) in [4.78, 5) is 8.69. The lowest BCUT2D eigenvalue weighted by molar-refractivity contribution is 0.110. The Morgan fingerprint density at radius 3 is 2.61 bits per heavy atom. The number of benzene rings is 1. The number of hydrogen-bond donors (Lipinski definition) is 2. The molecule has 7 heteroatoms. The number of aryl methyl sites for hydroxylation is 2. The van der Waals surface area contributed by atoms with Gasteiger partial charge in [-0.3, -0.25) is 9.98 Å². The highest BCUT2D eigenvalue weighted by atomic mass is 127. The first kappa shape index (κ1) is 24.2. The zero-order chi connectivity index (χ0) is 19.5. The number of nitrogens with zero attached hydrogens (tertiary/aromatic N) is 2. The van der Waals surface area contributed by atoms with Gasteiger partial charge in [0.15, 0.2) is 5.96 Å². The second kappa shape index (κ2) is 13.3. The minimum Gasteiger partial charge on any atom is -0.491 e. The van der Waals surface area contributed by atoms with Crippen molar-refractivity contribution in [3.63, 3.8) is 0 Å². The molecule has 2 rings (SSSR count). The molecule has 0 unspecified atom stereocenters. The van der Waals surface area contributed by atoms with Crippen LogP contribution in [0.15, 0.2) is 41.5 Å². The van der Waals surface area contributed by atoms with Crippen LogP contribution in [-0.4, -0.2) is 37.8 Å². The van der Waals surface area contributed by atoms with Gasteiger partial charge in [0, 0.05) is 32.0 Å². The number of aliphatic imine (C=N–C) groups is 1. The Bertz CT molecular complexity index is 753. The maximum atomic E-state index is 5.90. The maximum Gasteiger partial charge on any atom is 0.191 e. The summed E-state index contributed by atoms with van der Waals surface area (Å²) >= 11 is 0. The molecule has 0 atom stereocenters. The molecule has 0 spiro atoms. The third-order valence-electron chi connectivity index (χ3n) is 4.12. The third-order valence-corrected chi connectivity index (χ3v) is 4.12. The molecule has 2 aromatic rings. The predicted molar refractivity (Wildman–Crippen MR) is 125 cm³/mol. The van der Waals surface area contributed by atoms with Gasteiger partial charge in [-0.1, -0.05) is 18.2 Å². The Hall–Kier alpha value is -1.87. The van der Waals surface area contributed by atoms with Crippen LogP contribution in [0.5, 0.6) is 5.75 Å². The predicted octanol–water partition coefficient (Wildman–Crippen LogP) is 3.60. The number of pyridine rings is 1. The van der Waals surface area contributed by atoms with E-state index in [1.54, 1.807) is 13.2 Å². The molecular formula is C21H31IN4O2. The van der Waals surface area contributed by atoms with Crippen molar-refractivity contribution in [3.8, 4) is 5.75 Å². The van der Waals surface area contributed by atoms with Crippen molar-refractivity contribution in [2.75, 3.05) is 26.9 Å². The first-order valence-electron chi connectivity index (χ1n) is 9.29. The van der Waals surface area contributed by atoms with Crippen molar-refractivity contribution in [1.29, 1.82) is 0 Å². The number of aromatic nitrogens is 1. The highest BCUT2D eigenvalue weighted by Gasteiger charge is 2.07. The van der Waals surface area contributed by atoms with Gasteiger partial charge in [0.2, 0.25) is 0 Å². The Labute approximate surface area is 185 Å². The van der Waals surface area contributed by atoms with Gasteiger partial charge in [-0.05, 0) is 44.0 Å². The van der Waals surface area contributed by atoms with E-state index in [0.717, 1.165) is 28.5 Å². The van der Waals surface area contributed by atoms with Crippen LogP contribution in [0.1, 0.15) is 29.3 Å². The monoisotopic (exact) mass is 498 g/mol. The molecule has 0 aliphatic carbocycles. The van der Waals surface area contributed by atoms with Crippen molar-refractivity contribution in [1.82, 2.24) is 15.6 Å². The lowest BCUT2D eigenvalue weighted by Crippen LogP contribution is -2.36. The minimum atomic E-state index is 0. The van der Waals surface area contributed by atoms with E-state index in [4.69, 9.17) is 9.47 Å². The number of guanidine groups is 1. The molecule has 0 fully saturated rings. The molecule has 0 aliphatic heterocycles. The summed E-state index contributed by atoms with van der Waals surface area (Å²) in [6.07, 6.45) is 1.80. The van der Waals surface area contributed by atoms with Gasteiger partial charge in [0.1, 0.15) is 12.4 Å². The summed E-state index contributed by atoms with van der Waals surface area (Å²) in [7, 11) is 1.76. The van der Waals surface area contributed by atoms with E-state index < -0.39 is 0 Å². The first-order chi connectivity index (χ1) is 13.1. The molecular weight excluding hydrogens is 467 g/mol. The van der Waals surface area contributed by atoms with Crippen molar-refractivity contribution < 1.29 is 9.47 Å². The van der Waals surface area contributed by atoms with E-state index in [0.29, 0.717) is 32.9 Å². The molecule has 1 aromatic carbocycles. The fourth-order valence-corrected chi connectivity index (χ4v) is 2.57. The molecule has 0 bridgehead atoms. The Kier molecular flexibility index (Phi) is 11.5. The quantitative estimate of drug-likeness (QED) is 0.240. The summed E-state index contributed by atoms with van der Waals surface area (Å²) in [5.41, 5.74) is 4.41. The lowest BCUT2D eigenvalue weighted by Gasteiger charge is -2.16. The number of ether oxygens (including phenoxy) is 2. The van der Waals surface area contributed by atoms with Crippen LogP contribution in [0.3, 0.4) is 0 Å². The number of nitrogens with one attached hydrogen (secondary N) is 2. The second-order valence-electron chi connectivity index (χ2n) is 6.20. The maximum absolute atomic E-state index is 5.90. The summed E-state index contributed by atoms with van der Waals surface area (Å²) in [5.74, 6) is 1.60. The Balaban J connectivity index is 0.00000392. The summed E-state index contributed by atoms with van der Waals surface area (Å²) in [6, 6.07) is 10.2. The van der Waals surface area contributed by atoms with Crippen LogP contribution in [0.4, 0.5) is 0 Å². The molecule has 2 N–H and O–H groups in total. The van der Waals surface area contributed by atoms with Crippen LogP contribution in [0.25, 0.3) is 0 Å². The second-order valence-corrected chi connectivity index (χ2v) is 6.20. The minimum absolute atomic E-state index is 0. The van der Waals surface area contributed by atoms with Gasteiger partial charge >= 0.3 is 0 Å². The third kappa shape index (κ3) is 8.02. The Morgan fingerprint density at radius 2 is 1.89 bits per heavy atom. The fraction of sp³-hybridized carbons (Fsp3) is 0.429. The smallest absolute Gasteiger partial charge is 0.191 e. The van der Waals surface area contributed by atoms with E-state index >= 15 is 0 Å². The first-order valence-corrected chi connectivity index (χ1v) is 9.29. The highest BCUT2D eigenvalue weighted by Crippen LogP contribution is 2.20. The van der Waals surface area contributed by atoms with Gasteiger partial charge in [0.05, 0.1) is 18.8 Å². The molecule has 0 saturated carbocycles. The van der Waals surface area contributed by atoms with Crippen LogP contribution >= 0.6 is 24.0 Å². The van der Waals surface area contributed by atoms with E-state index in [1.165, 1.54) is 5.56 Å². The fourth-order valence-electron chi connectivity index (χ4n) is 2.57. The van der Waals surface area contributed by atoms with Gasteiger partial charge in [-0.15, -0.1) is 24.0 Å². The molecule has 1 aromatic heterocycles. The van der Waals surface area contributed by atoms with Crippen LogP contribution in [-0.2, 0) is 17.8 Å². The topological polar surface area (TPSA) is 67.8 Å². The van der Waals surface area contributed by atoms with Crippen LogP contribution in [0, 0.1) is 13.8 Å². The van der Waals surface area contributed by atoms with Crippen molar-refractivity contribution in [2.45, 2.75) is 33.9 Å². The zero-order valence-electron chi connectivity index (χ0n) is 17.1. The Morgan fingerprint density at radius 1 is 1.11 bits per heavy atom. The molecule has 1 heterocycles. The highest BCUT2D eigenvalue weighted by molar-refractivity contribution is 14.0. The zero-order valence-corrected chi connectivity index (χ0v) is 19.4. The normalized spacial score (nSPS) is 10.9. The van der Waals surface area contributed by atoms with Gasteiger partial charge < -0.3 is 20.1 Å². The molecule has 0 saturated heterocycles. The summed E-state index contributed by atoms with van der Waals surface area (Å²) < 4.78 is 11.2. The number of rotatable bonds is 9. The van der Waals surface area contributed by atoms with Gasteiger partial charge in [-0.25, -0.2) is 0 Å². The number of hydrogen-bond acceptors (Lipinski definition) is 4. The van der Waals surface area contributed by atoms with Crippen LogP contribution in [0.2, 0.25) is 0 Å². The van der Waals surface area contributed by atoms with E-state index in [9.17, 15) is 0 Å². The van der Waals surface area contributed by atoms with E-state index in [-0.39, 0.29) is 24.0 Å². The number of halogens is 1. The average Bonchev–Trinajstić information content (AvgIpc) is 2.68. The van der Waals surface area contributed by atoms with Gasteiger partial charge in [0.25, 0.3) is 0 Å². The molecule has 6 nitrogen and oxygen atoms in total. The summed E-state index contributed by atoms with van der Waals surface area (Å²) in [5, 5.41) is 6.64. The molecule has 154 valence electrons. The van der Waals surface area contributed by atoms with Crippen molar-refractivity contribution >= 4 is 29.9 Å². The van der Waals surface area contributed by atoms with Gasteiger partial charge in [-0.2, -0.15) is 0 Å². The van der Waals surface area contributed by atoms with Crippen molar-refractivity contribution in [2.24, 2.45) is 4.99 Å². The largest absolute Gasteiger partial charge is 0.491 e. The van der Waals surface area contributed by atoms with Crippen molar-refractivity contribution in [3.05, 3.63) is 58.9 Å². The standard InChI is InChI=1S/C21H30N4O2.HI/c1-5-26-11-12-27-20-13-16(2)8-9-18(20)14-24-21(22-4)25-15-19-17(3)7-6-10-23-19;/h6-10,13H,5,11-12,14-15H2,1-4H3,(H2,22,24,25);1H. The van der Waals surface area contributed by atoms with E-state index in [2.05, 4.69) is 58.7 Å². The molecule has 0 amide bonds. The SMILES string of the molecule is CCOCCOc1cc(C)ccc1CNC(=NC)NCc1ncccc1C.I. The summed E-state index contributed by atoms with van der Waals surface area (Å²) in [6.45, 7) is 9.15. The molecule has 0 radical (unpaired) electrons.